The first-order chi connectivity index (χ1) is 6.69. The highest BCUT2D eigenvalue weighted by Crippen LogP contribution is 2.09. The summed E-state index contributed by atoms with van der Waals surface area (Å²) in [7, 11) is 0. The number of hydrogen-bond acceptors (Lipinski definition) is 3. The Balaban J connectivity index is 2.97. The normalized spacial score (nSPS) is 9.14. The molecule has 0 aliphatic rings. The second kappa shape index (κ2) is 4.20. The van der Waals surface area contributed by atoms with Crippen LogP contribution in [0.4, 0.5) is 0 Å². The van der Waals surface area contributed by atoms with Crippen molar-refractivity contribution in [2.24, 2.45) is 5.92 Å². The maximum absolute atomic E-state index is 11.5. The Kier molecular flexibility index (Phi) is 2.99. The van der Waals surface area contributed by atoms with Crippen molar-refractivity contribution in [2.75, 3.05) is 0 Å². The van der Waals surface area contributed by atoms with Crippen LogP contribution in [-0.2, 0) is 0 Å². The zero-order valence-electron chi connectivity index (χ0n) is 7.69. The van der Waals surface area contributed by atoms with Gasteiger partial charge in [0.15, 0.2) is 11.7 Å². The standard InChI is InChI=1S/C11H8N2O/c1-8-2-4-9(5-3-8)11(14)10(6-12)7-13/h2-5,10H,1H3. The number of nitrogens with zero attached hydrogens (tertiary/aromatic N) is 2. The van der Waals surface area contributed by atoms with Crippen LogP contribution in [0.15, 0.2) is 24.3 Å². The van der Waals surface area contributed by atoms with Gasteiger partial charge >= 0.3 is 0 Å². The Labute approximate surface area is 82.2 Å². The third-order valence-corrected chi connectivity index (χ3v) is 1.86. The summed E-state index contributed by atoms with van der Waals surface area (Å²) in [6, 6.07) is 10.1. The van der Waals surface area contributed by atoms with E-state index in [0.717, 1.165) is 5.56 Å². The fourth-order valence-electron chi connectivity index (χ4n) is 1.03. The number of hydrogen-bond donors (Lipinski definition) is 0. The molecule has 0 spiro atoms. The van der Waals surface area contributed by atoms with Gasteiger partial charge in [0.2, 0.25) is 0 Å². The molecule has 68 valence electrons. The van der Waals surface area contributed by atoms with E-state index in [9.17, 15) is 4.79 Å². The average Bonchev–Trinajstić information content (AvgIpc) is 2.20. The molecule has 0 aliphatic carbocycles. The van der Waals surface area contributed by atoms with Crippen LogP contribution in [0, 0.1) is 35.5 Å². The van der Waals surface area contributed by atoms with Gasteiger partial charge in [0.1, 0.15) is 0 Å². The van der Waals surface area contributed by atoms with E-state index in [0.29, 0.717) is 5.56 Å². The molecule has 1 rings (SSSR count). The van der Waals surface area contributed by atoms with Gasteiger partial charge in [0, 0.05) is 5.56 Å². The molecule has 0 radical (unpaired) electrons. The minimum absolute atomic E-state index is 0.406. The van der Waals surface area contributed by atoms with Crippen LogP contribution in [0.1, 0.15) is 15.9 Å². The van der Waals surface area contributed by atoms with E-state index in [1.54, 1.807) is 36.4 Å². The van der Waals surface area contributed by atoms with E-state index in [4.69, 9.17) is 10.5 Å². The molecule has 0 atom stereocenters. The third kappa shape index (κ3) is 1.97. The van der Waals surface area contributed by atoms with E-state index in [2.05, 4.69) is 0 Å². The molecule has 0 N–H and O–H groups in total. The molecule has 0 saturated heterocycles. The summed E-state index contributed by atoms with van der Waals surface area (Å²) < 4.78 is 0. The molecule has 0 amide bonds. The highest BCUT2D eigenvalue weighted by Gasteiger charge is 2.18. The number of nitriles is 2. The molecule has 1 aromatic rings. The topological polar surface area (TPSA) is 64.7 Å². The smallest absolute Gasteiger partial charge is 0.195 e. The maximum Gasteiger partial charge on any atom is 0.195 e. The van der Waals surface area contributed by atoms with Crippen molar-refractivity contribution in [1.82, 2.24) is 0 Å². The molecule has 0 unspecified atom stereocenters. The van der Waals surface area contributed by atoms with Gasteiger partial charge in [0.25, 0.3) is 0 Å². The highest BCUT2D eigenvalue weighted by atomic mass is 16.1. The van der Waals surface area contributed by atoms with E-state index < -0.39 is 11.7 Å². The second-order valence-electron chi connectivity index (χ2n) is 2.92. The quantitative estimate of drug-likeness (QED) is 0.658. The van der Waals surface area contributed by atoms with Gasteiger partial charge in [-0.25, -0.2) is 0 Å². The van der Waals surface area contributed by atoms with Crippen molar-refractivity contribution in [2.45, 2.75) is 6.92 Å². The molecular formula is C11H8N2O. The first kappa shape index (κ1) is 9.95. The molecule has 0 heterocycles. The molecule has 0 bridgehead atoms. The minimum Gasteiger partial charge on any atom is -0.291 e. The summed E-state index contributed by atoms with van der Waals surface area (Å²) in [5.74, 6) is -1.63. The molecule has 1 aromatic carbocycles. The molecule has 14 heavy (non-hydrogen) atoms. The second-order valence-corrected chi connectivity index (χ2v) is 2.92. The largest absolute Gasteiger partial charge is 0.291 e. The fraction of sp³-hybridized carbons (Fsp3) is 0.182. The predicted molar refractivity (Wildman–Crippen MR) is 50.2 cm³/mol. The van der Waals surface area contributed by atoms with Crippen LogP contribution in [0.25, 0.3) is 0 Å². The number of benzene rings is 1. The number of rotatable bonds is 2. The lowest BCUT2D eigenvalue weighted by atomic mass is 9.99. The predicted octanol–water partition coefficient (Wildman–Crippen LogP) is 1.84. The molecule has 0 aromatic heterocycles. The Morgan fingerprint density at radius 3 is 2.14 bits per heavy atom. The van der Waals surface area contributed by atoms with Crippen LogP contribution >= 0.6 is 0 Å². The van der Waals surface area contributed by atoms with E-state index in [1.807, 2.05) is 6.92 Å². The van der Waals surface area contributed by atoms with Crippen LogP contribution in [0.2, 0.25) is 0 Å². The monoisotopic (exact) mass is 184 g/mol. The van der Waals surface area contributed by atoms with Crippen LogP contribution in [0.3, 0.4) is 0 Å². The maximum atomic E-state index is 11.5. The number of carbonyl (C=O) groups excluding carboxylic acids is 1. The van der Waals surface area contributed by atoms with E-state index >= 15 is 0 Å². The van der Waals surface area contributed by atoms with Crippen molar-refractivity contribution in [1.29, 1.82) is 10.5 Å². The highest BCUT2D eigenvalue weighted by molar-refractivity contribution is 6.00. The van der Waals surface area contributed by atoms with Crippen molar-refractivity contribution in [3.63, 3.8) is 0 Å². The lowest BCUT2D eigenvalue weighted by Gasteiger charge is -2.00. The van der Waals surface area contributed by atoms with Gasteiger partial charge in [-0.1, -0.05) is 29.8 Å². The molecule has 0 aliphatic heterocycles. The number of aryl methyl sites for hydroxylation is 1. The van der Waals surface area contributed by atoms with Gasteiger partial charge in [-0.05, 0) is 6.92 Å². The summed E-state index contributed by atoms with van der Waals surface area (Å²) in [6.45, 7) is 1.90. The van der Waals surface area contributed by atoms with Crippen molar-refractivity contribution >= 4 is 5.78 Å². The lowest BCUT2D eigenvalue weighted by Crippen LogP contribution is -2.10. The first-order valence-corrected chi connectivity index (χ1v) is 4.09. The third-order valence-electron chi connectivity index (χ3n) is 1.86. The molecule has 0 saturated carbocycles. The SMILES string of the molecule is Cc1ccc(C(=O)C(C#N)C#N)cc1. The van der Waals surface area contributed by atoms with Gasteiger partial charge in [0.05, 0.1) is 12.1 Å². The van der Waals surface area contributed by atoms with Crippen LogP contribution in [-0.4, -0.2) is 5.78 Å². The Bertz CT molecular complexity index is 406. The number of ketones is 1. The van der Waals surface area contributed by atoms with Gasteiger partial charge in [-0.15, -0.1) is 0 Å². The Hall–Kier alpha value is -2.13. The summed E-state index contributed by atoms with van der Waals surface area (Å²) in [6.07, 6.45) is 0. The van der Waals surface area contributed by atoms with Crippen LogP contribution < -0.4 is 0 Å². The first-order valence-electron chi connectivity index (χ1n) is 4.09. The molecule has 0 fully saturated rings. The lowest BCUT2D eigenvalue weighted by molar-refractivity contribution is 0.0971. The Morgan fingerprint density at radius 2 is 1.71 bits per heavy atom. The number of Topliss-reactive ketones (excluding diaryl/α,β-unsaturated/α-hetero) is 1. The fourth-order valence-corrected chi connectivity index (χ4v) is 1.03. The summed E-state index contributed by atoms with van der Waals surface area (Å²) >= 11 is 0. The van der Waals surface area contributed by atoms with E-state index in [1.165, 1.54) is 0 Å². The van der Waals surface area contributed by atoms with Crippen LogP contribution in [0.5, 0.6) is 0 Å². The summed E-state index contributed by atoms with van der Waals surface area (Å²) in [4.78, 5) is 11.5. The van der Waals surface area contributed by atoms with Crippen molar-refractivity contribution in [3.05, 3.63) is 35.4 Å². The Morgan fingerprint density at radius 1 is 1.21 bits per heavy atom. The zero-order chi connectivity index (χ0) is 10.6. The zero-order valence-corrected chi connectivity index (χ0v) is 7.69. The molecule has 3 heteroatoms. The van der Waals surface area contributed by atoms with Gasteiger partial charge in [-0.3, -0.25) is 4.79 Å². The molecule has 3 nitrogen and oxygen atoms in total. The number of carbonyl (C=O) groups is 1. The minimum atomic E-state index is -1.20. The summed E-state index contributed by atoms with van der Waals surface area (Å²) in [5, 5.41) is 17.0. The van der Waals surface area contributed by atoms with Gasteiger partial charge < -0.3 is 0 Å². The average molecular weight is 184 g/mol. The summed E-state index contributed by atoms with van der Waals surface area (Å²) in [5.41, 5.74) is 1.44. The molecular weight excluding hydrogens is 176 g/mol. The van der Waals surface area contributed by atoms with Crippen molar-refractivity contribution in [3.8, 4) is 12.1 Å². The van der Waals surface area contributed by atoms with E-state index in [-0.39, 0.29) is 0 Å². The van der Waals surface area contributed by atoms with Crippen molar-refractivity contribution < 1.29 is 4.79 Å². The van der Waals surface area contributed by atoms with Gasteiger partial charge in [-0.2, -0.15) is 10.5 Å².